The highest BCUT2D eigenvalue weighted by Crippen LogP contribution is 2.35. The number of fused-ring (bicyclic) bond motifs is 1. The zero-order valence-corrected chi connectivity index (χ0v) is 15.1. The molecular weight excluding hydrogens is 344 g/mol. The molecule has 2 aromatic carbocycles. The molecule has 0 spiro atoms. The Kier molecular flexibility index (Phi) is 5.30. The van der Waals surface area contributed by atoms with Crippen molar-refractivity contribution in [1.29, 1.82) is 0 Å². The van der Waals surface area contributed by atoms with Gasteiger partial charge in [-0.2, -0.15) is 0 Å². The fraction of sp³-hybridized carbons (Fsp3) is 0.200. The first kappa shape index (κ1) is 18.3. The molecular formula is C20H20N4O3. The Morgan fingerprint density at radius 3 is 2.70 bits per heavy atom. The van der Waals surface area contributed by atoms with Crippen molar-refractivity contribution in [3.8, 4) is 5.88 Å². The number of aromatic amines is 1. The molecule has 3 aromatic rings. The van der Waals surface area contributed by atoms with Gasteiger partial charge in [-0.15, -0.1) is 10.2 Å². The SMILES string of the molecule is Cc1ccc(C)c(NC(=O)CCC(=O)N=Nc2c(O)[nH]c3ccccc23)c1. The van der Waals surface area contributed by atoms with Crippen LogP contribution in [0.15, 0.2) is 52.7 Å². The number of azo groups is 1. The number of carbonyl (C=O) groups is 2. The zero-order valence-electron chi connectivity index (χ0n) is 15.1. The van der Waals surface area contributed by atoms with E-state index in [1.54, 1.807) is 18.2 Å². The zero-order chi connectivity index (χ0) is 19.4. The van der Waals surface area contributed by atoms with Crippen molar-refractivity contribution in [2.24, 2.45) is 10.2 Å². The van der Waals surface area contributed by atoms with Gasteiger partial charge >= 0.3 is 0 Å². The van der Waals surface area contributed by atoms with Gasteiger partial charge in [0.1, 0.15) is 0 Å². The van der Waals surface area contributed by atoms with Crippen molar-refractivity contribution < 1.29 is 14.7 Å². The number of benzene rings is 2. The minimum absolute atomic E-state index is 0.00506. The van der Waals surface area contributed by atoms with Crippen LogP contribution in [0.4, 0.5) is 11.4 Å². The maximum atomic E-state index is 12.1. The first-order chi connectivity index (χ1) is 12.9. The fourth-order valence-electron chi connectivity index (χ4n) is 2.67. The largest absolute Gasteiger partial charge is 0.493 e. The lowest BCUT2D eigenvalue weighted by Crippen LogP contribution is -2.13. The fourth-order valence-corrected chi connectivity index (χ4v) is 2.67. The highest BCUT2D eigenvalue weighted by atomic mass is 16.3. The Morgan fingerprint density at radius 1 is 1.11 bits per heavy atom. The molecule has 0 unspecified atom stereocenters. The summed E-state index contributed by atoms with van der Waals surface area (Å²) in [6.07, 6.45) is -0.0611. The van der Waals surface area contributed by atoms with Crippen LogP contribution in [0.1, 0.15) is 24.0 Å². The second kappa shape index (κ2) is 7.82. The Balaban J connectivity index is 1.59. The average Bonchev–Trinajstić information content (AvgIpc) is 2.96. The summed E-state index contributed by atoms with van der Waals surface area (Å²) in [5.41, 5.74) is 3.63. The quantitative estimate of drug-likeness (QED) is 0.579. The van der Waals surface area contributed by atoms with Gasteiger partial charge in [-0.3, -0.25) is 9.59 Å². The Hall–Kier alpha value is -3.48. The molecule has 0 fully saturated rings. The number of H-pyrrole nitrogens is 1. The summed E-state index contributed by atoms with van der Waals surface area (Å²) in [6, 6.07) is 12.9. The van der Waals surface area contributed by atoms with Crippen LogP contribution in [0.5, 0.6) is 5.88 Å². The van der Waals surface area contributed by atoms with E-state index >= 15 is 0 Å². The van der Waals surface area contributed by atoms with Gasteiger partial charge in [0, 0.05) is 23.9 Å². The molecule has 27 heavy (non-hydrogen) atoms. The van der Waals surface area contributed by atoms with E-state index < -0.39 is 5.91 Å². The third-order valence-electron chi connectivity index (χ3n) is 4.15. The summed E-state index contributed by atoms with van der Waals surface area (Å²) in [6.45, 7) is 3.85. The smallest absolute Gasteiger partial charge is 0.265 e. The van der Waals surface area contributed by atoms with E-state index in [1.807, 2.05) is 38.1 Å². The van der Waals surface area contributed by atoms with Crippen LogP contribution in [0, 0.1) is 13.8 Å². The molecule has 0 radical (unpaired) electrons. The lowest BCUT2D eigenvalue weighted by Gasteiger charge is -2.08. The van der Waals surface area contributed by atoms with Crippen LogP contribution >= 0.6 is 0 Å². The lowest BCUT2D eigenvalue weighted by atomic mass is 10.1. The van der Waals surface area contributed by atoms with Crippen molar-refractivity contribution in [2.75, 3.05) is 5.32 Å². The normalized spacial score (nSPS) is 11.2. The molecule has 0 aliphatic rings. The summed E-state index contributed by atoms with van der Waals surface area (Å²) in [4.78, 5) is 26.8. The predicted octanol–water partition coefficient (Wildman–Crippen LogP) is 4.52. The molecule has 0 saturated heterocycles. The number of aromatic nitrogens is 1. The number of para-hydroxylation sites is 1. The van der Waals surface area contributed by atoms with Crippen LogP contribution < -0.4 is 5.32 Å². The number of rotatable bonds is 5. The molecule has 1 heterocycles. The molecule has 2 amide bonds. The van der Waals surface area contributed by atoms with Crippen molar-refractivity contribution in [2.45, 2.75) is 26.7 Å². The van der Waals surface area contributed by atoms with E-state index in [0.717, 1.165) is 16.8 Å². The number of anilines is 1. The number of aromatic hydroxyl groups is 1. The lowest BCUT2D eigenvalue weighted by molar-refractivity contribution is -0.122. The monoisotopic (exact) mass is 364 g/mol. The van der Waals surface area contributed by atoms with Gasteiger partial charge in [0.05, 0.1) is 5.52 Å². The Morgan fingerprint density at radius 2 is 1.89 bits per heavy atom. The van der Waals surface area contributed by atoms with Crippen LogP contribution in [-0.2, 0) is 9.59 Å². The van der Waals surface area contributed by atoms with Crippen molar-refractivity contribution >= 4 is 34.1 Å². The van der Waals surface area contributed by atoms with Gasteiger partial charge in [-0.25, -0.2) is 0 Å². The van der Waals surface area contributed by atoms with Crippen molar-refractivity contribution in [3.05, 3.63) is 53.6 Å². The van der Waals surface area contributed by atoms with E-state index in [2.05, 4.69) is 20.5 Å². The van der Waals surface area contributed by atoms with Gasteiger partial charge in [0.2, 0.25) is 11.8 Å². The molecule has 0 aliphatic heterocycles. The number of hydrogen-bond donors (Lipinski definition) is 3. The third-order valence-corrected chi connectivity index (χ3v) is 4.15. The summed E-state index contributed by atoms with van der Waals surface area (Å²) in [5, 5.41) is 20.8. The summed E-state index contributed by atoms with van der Waals surface area (Å²) in [7, 11) is 0. The topological polar surface area (TPSA) is 107 Å². The van der Waals surface area contributed by atoms with Crippen LogP contribution in [0.25, 0.3) is 10.9 Å². The van der Waals surface area contributed by atoms with E-state index in [1.165, 1.54) is 0 Å². The average molecular weight is 364 g/mol. The van der Waals surface area contributed by atoms with Crippen molar-refractivity contribution in [1.82, 2.24) is 4.98 Å². The molecule has 0 atom stereocenters. The first-order valence-corrected chi connectivity index (χ1v) is 8.55. The number of nitrogens with zero attached hydrogens (tertiary/aromatic N) is 2. The van der Waals surface area contributed by atoms with Gasteiger partial charge in [-0.1, -0.05) is 30.3 Å². The van der Waals surface area contributed by atoms with Crippen LogP contribution in [0.2, 0.25) is 0 Å². The number of aryl methyl sites for hydroxylation is 2. The number of nitrogens with one attached hydrogen (secondary N) is 2. The molecule has 0 bridgehead atoms. The number of carbonyl (C=O) groups excluding carboxylic acids is 2. The highest BCUT2D eigenvalue weighted by Gasteiger charge is 2.11. The Bertz CT molecular complexity index is 1040. The molecule has 0 aliphatic carbocycles. The van der Waals surface area contributed by atoms with Crippen LogP contribution in [-0.4, -0.2) is 21.9 Å². The van der Waals surface area contributed by atoms with Gasteiger partial charge in [0.25, 0.3) is 5.91 Å². The molecule has 3 N–H and O–H groups in total. The summed E-state index contributed by atoms with van der Waals surface area (Å²) >= 11 is 0. The standard InChI is InChI=1S/C20H20N4O3/c1-12-7-8-13(2)16(11-12)21-17(25)9-10-18(26)23-24-19-14-5-3-4-6-15(14)22-20(19)27/h3-8,11,22,27H,9-10H2,1-2H3,(H,21,25). The van der Waals surface area contributed by atoms with Gasteiger partial charge in [0.15, 0.2) is 5.69 Å². The summed E-state index contributed by atoms with van der Waals surface area (Å²) < 4.78 is 0. The Labute approximate surface area is 156 Å². The second-order valence-electron chi connectivity index (χ2n) is 6.33. The van der Waals surface area contributed by atoms with Gasteiger partial charge < -0.3 is 15.4 Å². The van der Waals surface area contributed by atoms with E-state index in [4.69, 9.17) is 0 Å². The highest BCUT2D eigenvalue weighted by molar-refractivity contribution is 5.95. The van der Waals surface area contributed by atoms with Crippen molar-refractivity contribution in [3.63, 3.8) is 0 Å². The number of amides is 2. The minimum atomic E-state index is -0.532. The minimum Gasteiger partial charge on any atom is -0.493 e. The molecule has 3 rings (SSSR count). The van der Waals surface area contributed by atoms with Gasteiger partial charge in [-0.05, 0) is 37.1 Å². The predicted molar refractivity (Wildman–Crippen MR) is 103 cm³/mol. The van der Waals surface area contributed by atoms with E-state index in [9.17, 15) is 14.7 Å². The van der Waals surface area contributed by atoms with E-state index in [-0.39, 0.29) is 30.3 Å². The molecule has 7 nitrogen and oxygen atoms in total. The molecule has 138 valence electrons. The second-order valence-corrected chi connectivity index (χ2v) is 6.33. The number of hydrogen-bond acceptors (Lipinski definition) is 4. The first-order valence-electron chi connectivity index (χ1n) is 8.55. The molecule has 1 aromatic heterocycles. The molecule has 7 heteroatoms. The van der Waals surface area contributed by atoms with Crippen LogP contribution in [0.3, 0.4) is 0 Å². The third kappa shape index (κ3) is 4.38. The molecule has 0 saturated carbocycles. The summed E-state index contributed by atoms with van der Waals surface area (Å²) in [5.74, 6) is -0.946. The maximum absolute atomic E-state index is 12.1. The van der Waals surface area contributed by atoms with E-state index in [0.29, 0.717) is 10.9 Å². The maximum Gasteiger partial charge on any atom is 0.265 e.